The van der Waals surface area contributed by atoms with Gasteiger partial charge < -0.3 is 15.0 Å². The fraction of sp³-hybridized carbons (Fsp3) is 0.306. The van der Waals surface area contributed by atoms with E-state index in [1.54, 1.807) is 0 Å². The Bertz CT molecular complexity index is 1650. The number of carbonyl (C=O) groups is 1. The largest absolute Gasteiger partial charge is 0.488 e. The number of carbonyl (C=O) groups excluding carboxylic acids is 1. The van der Waals surface area contributed by atoms with Gasteiger partial charge in [0.15, 0.2) is 5.78 Å². The van der Waals surface area contributed by atoms with Gasteiger partial charge in [-0.3, -0.25) is 4.79 Å². The third-order valence-electron chi connectivity index (χ3n) is 8.48. The quantitative estimate of drug-likeness (QED) is 0.243. The number of fused-ring (bicyclic) bond motifs is 4. The van der Waals surface area contributed by atoms with Gasteiger partial charge in [-0.15, -0.1) is 0 Å². The summed E-state index contributed by atoms with van der Waals surface area (Å²) in [5.41, 5.74) is 7.29. The fourth-order valence-electron chi connectivity index (χ4n) is 6.48. The minimum Gasteiger partial charge on any atom is -0.488 e. The predicted molar refractivity (Wildman–Crippen MR) is 171 cm³/mol. The van der Waals surface area contributed by atoms with Crippen molar-refractivity contribution in [2.45, 2.75) is 53.2 Å². The third kappa shape index (κ3) is 5.22. The number of allylic oxidation sites excluding steroid dienone is 1. The number of benzene rings is 4. The Balaban J connectivity index is 1.50. The Hall–Kier alpha value is -3.76. The first-order valence-electron chi connectivity index (χ1n) is 14.6. The molecule has 1 atom stereocenters. The molecular formula is C36H37ClN2O2. The normalized spacial score (nSPS) is 17.6. The van der Waals surface area contributed by atoms with Gasteiger partial charge in [-0.2, -0.15) is 0 Å². The summed E-state index contributed by atoms with van der Waals surface area (Å²) in [6.45, 7) is 10.9. The van der Waals surface area contributed by atoms with Crippen LogP contribution in [0.25, 0.3) is 16.3 Å². The maximum atomic E-state index is 14.0. The zero-order valence-corrected chi connectivity index (χ0v) is 25.0. The second kappa shape index (κ2) is 10.9. The maximum absolute atomic E-state index is 14.0. The van der Waals surface area contributed by atoms with Crippen molar-refractivity contribution in [2.24, 2.45) is 5.41 Å². The van der Waals surface area contributed by atoms with Crippen LogP contribution < -0.4 is 15.0 Å². The molecule has 1 heterocycles. The summed E-state index contributed by atoms with van der Waals surface area (Å²) in [6, 6.07) is 26.7. The summed E-state index contributed by atoms with van der Waals surface area (Å²) in [5.74, 6) is 0.999. The average molecular weight is 565 g/mol. The SMILES string of the molecule is CCN(CC)c1ccc([C@H]2Nc3ccc4ccccc4c3C3=C2C(=O)CC(C)(C)C3)c(OCc2ccc(Cl)cc2)c1. The fourth-order valence-corrected chi connectivity index (χ4v) is 6.61. The highest BCUT2D eigenvalue weighted by molar-refractivity contribution is 6.30. The second-order valence-corrected chi connectivity index (χ2v) is 12.4. The summed E-state index contributed by atoms with van der Waals surface area (Å²) in [5, 5.41) is 6.87. The molecule has 41 heavy (non-hydrogen) atoms. The summed E-state index contributed by atoms with van der Waals surface area (Å²) in [4.78, 5) is 16.3. The lowest BCUT2D eigenvalue weighted by atomic mass is 9.67. The van der Waals surface area contributed by atoms with Gasteiger partial charge in [0, 0.05) is 58.7 Å². The molecule has 2 aliphatic rings. The molecule has 4 nitrogen and oxygen atoms in total. The molecule has 0 amide bonds. The summed E-state index contributed by atoms with van der Waals surface area (Å²) in [7, 11) is 0. The number of Topliss-reactive ketones (excluding diaryl/α,β-unsaturated/α-hetero) is 1. The minimum atomic E-state index is -0.298. The van der Waals surface area contributed by atoms with E-state index in [1.165, 1.54) is 21.9 Å². The maximum Gasteiger partial charge on any atom is 0.162 e. The molecule has 210 valence electrons. The lowest BCUT2D eigenvalue weighted by molar-refractivity contribution is -0.118. The number of anilines is 2. The topological polar surface area (TPSA) is 41.6 Å². The zero-order chi connectivity index (χ0) is 28.7. The molecule has 0 aromatic heterocycles. The van der Waals surface area contributed by atoms with Crippen LogP contribution in [0, 0.1) is 5.41 Å². The summed E-state index contributed by atoms with van der Waals surface area (Å²) >= 11 is 6.13. The van der Waals surface area contributed by atoms with Gasteiger partial charge in [0.25, 0.3) is 0 Å². The molecule has 0 radical (unpaired) electrons. The van der Waals surface area contributed by atoms with Gasteiger partial charge in [-0.1, -0.05) is 74.0 Å². The predicted octanol–water partition coefficient (Wildman–Crippen LogP) is 9.23. The van der Waals surface area contributed by atoms with E-state index in [1.807, 2.05) is 24.3 Å². The zero-order valence-electron chi connectivity index (χ0n) is 24.3. The van der Waals surface area contributed by atoms with Crippen molar-refractivity contribution in [3.05, 3.63) is 106 Å². The van der Waals surface area contributed by atoms with E-state index in [2.05, 4.69) is 92.5 Å². The Morgan fingerprint density at radius 2 is 1.71 bits per heavy atom. The molecule has 0 fully saturated rings. The van der Waals surface area contributed by atoms with Gasteiger partial charge in [0.2, 0.25) is 0 Å². The summed E-state index contributed by atoms with van der Waals surface area (Å²) in [6.07, 6.45) is 1.38. The van der Waals surface area contributed by atoms with Crippen LogP contribution in [0.3, 0.4) is 0 Å². The smallest absolute Gasteiger partial charge is 0.162 e. The van der Waals surface area contributed by atoms with E-state index in [9.17, 15) is 4.79 Å². The molecule has 0 spiro atoms. The minimum absolute atomic E-state index is 0.105. The highest BCUT2D eigenvalue weighted by atomic mass is 35.5. The Kier molecular flexibility index (Phi) is 7.29. The number of nitrogens with one attached hydrogen (secondary N) is 1. The lowest BCUT2D eigenvalue weighted by Gasteiger charge is -2.40. The number of hydrogen-bond acceptors (Lipinski definition) is 4. The van der Waals surface area contributed by atoms with Crippen LogP contribution in [0.15, 0.2) is 84.4 Å². The van der Waals surface area contributed by atoms with Gasteiger partial charge in [-0.05, 0) is 71.9 Å². The number of nitrogens with zero attached hydrogens (tertiary/aromatic N) is 1. The molecule has 0 saturated carbocycles. The van der Waals surface area contributed by atoms with Gasteiger partial charge >= 0.3 is 0 Å². The van der Waals surface area contributed by atoms with E-state index in [4.69, 9.17) is 16.3 Å². The monoisotopic (exact) mass is 564 g/mol. The standard InChI is InChI=1S/C36H37ClN2O2/c1-5-39(6-2)26-16-17-28(32(19-26)41-22-23-11-14-25(37)15-12-23)35-34-29(20-36(3,4)21-31(34)40)33-27-10-8-7-9-24(27)13-18-30(33)38-35/h7-19,35,38H,5-6,20-22H2,1-4H3/t35-/m1/s1. The van der Waals surface area contributed by atoms with Crippen LogP contribution in [-0.2, 0) is 11.4 Å². The van der Waals surface area contributed by atoms with E-state index >= 15 is 0 Å². The number of ether oxygens (including phenoxy) is 1. The van der Waals surface area contributed by atoms with Crippen LogP contribution in [-0.4, -0.2) is 18.9 Å². The van der Waals surface area contributed by atoms with Crippen LogP contribution in [0.4, 0.5) is 11.4 Å². The van der Waals surface area contributed by atoms with Gasteiger partial charge in [0.1, 0.15) is 12.4 Å². The number of rotatable bonds is 7. The molecule has 0 bridgehead atoms. The molecule has 6 rings (SSSR count). The van der Waals surface area contributed by atoms with Crippen LogP contribution >= 0.6 is 11.6 Å². The summed E-state index contributed by atoms with van der Waals surface area (Å²) < 4.78 is 6.57. The molecule has 1 aliphatic carbocycles. The Labute approximate surface area is 248 Å². The van der Waals surface area contributed by atoms with Crippen LogP contribution in [0.5, 0.6) is 5.75 Å². The molecular weight excluding hydrogens is 528 g/mol. The lowest BCUT2D eigenvalue weighted by Crippen LogP contribution is -2.33. The van der Waals surface area contributed by atoms with Crippen molar-refractivity contribution in [2.75, 3.05) is 23.3 Å². The van der Waals surface area contributed by atoms with Crippen molar-refractivity contribution < 1.29 is 9.53 Å². The Morgan fingerprint density at radius 3 is 2.46 bits per heavy atom. The van der Waals surface area contributed by atoms with Gasteiger partial charge in [0.05, 0.1) is 6.04 Å². The first-order chi connectivity index (χ1) is 19.8. The molecule has 0 saturated heterocycles. The Morgan fingerprint density at radius 1 is 0.951 bits per heavy atom. The van der Waals surface area contributed by atoms with E-state index < -0.39 is 0 Å². The highest BCUT2D eigenvalue weighted by Crippen LogP contribution is 2.53. The molecule has 5 heteroatoms. The van der Waals surface area contributed by atoms with Gasteiger partial charge in [-0.25, -0.2) is 0 Å². The van der Waals surface area contributed by atoms with Crippen LogP contribution in [0.2, 0.25) is 5.02 Å². The highest BCUT2D eigenvalue weighted by Gasteiger charge is 2.41. The molecule has 4 aromatic carbocycles. The average Bonchev–Trinajstić information content (AvgIpc) is 2.96. The van der Waals surface area contributed by atoms with Crippen molar-refractivity contribution in [3.63, 3.8) is 0 Å². The van der Waals surface area contributed by atoms with Crippen molar-refractivity contribution in [3.8, 4) is 5.75 Å². The molecule has 4 aromatic rings. The first-order valence-corrected chi connectivity index (χ1v) is 15.0. The first kappa shape index (κ1) is 27.4. The second-order valence-electron chi connectivity index (χ2n) is 11.9. The van der Waals surface area contributed by atoms with E-state index in [-0.39, 0.29) is 17.2 Å². The number of hydrogen-bond donors (Lipinski definition) is 1. The third-order valence-corrected chi connectivity index (χ3v) is 8.74. The van der Waals surface area contributed by atoms with Crippen LogP contribution in [0.1, 0.15) is 63.3 Å². The number of ketones is 1. The molecule has 0 unspecified atom stereocenters. The van der Waals surface area contributed by atoms with E-state index in [0.717, 1.165) is 53.3 Å². The van der Waals surface area contributed by atoms with Crippen molar-refractivity contribution in [1.29, 1.82) is 0 Å². The molecule has 1 aliphatic heterocycles. The van der Waals surface area contributed by atoms with Crippen molar-refractivity contribution >= 4 is 45.1 Å². The molecule has 1 N–H and O–H groups in total. The number of halogens is 1. The van der Waals surface area contributed by atoms with Crippen molar-refractivity contribution in [1.82, 2.24) is 0 Å². The van der Waals surface area contributed by atoms with E-state index in [0.29, 0.717) is 18.1 Å².